The van der Waals surface area contributed by atoms with E-state index in [4.69, 9.17) is 15.0 Å². The summed E-state index contributed by atoms with van der Waals surface area (Å²) >= 11 is 3.86. The van der Waals surface area contributed by atoms with Gasteiger partial charge in [-0.1, -0.05) is 19.1 Å². The van der Waals surface area contributed by atoms with Crippen LogP contribution in [-0.2, 0) is 0 Å². The molecule has 50 heavy (non-hydrogen) atoms. The molecule has 0 amide bonds. The van der Waals surface area contributed by atoms with Crippen molar-refractivity contribution in [3.05, 3.63) is 57.5 Å². The summed E-state index contributed by atoms with van der Waals surface area (Å²) in [5.41, 5.74) is 6.36. The lowest BCUT2D eigenvalue weighted by Crippen LogP contribution is -2.45. The summed E-state index contributed by atoms with van der Waals surface area (Å²) in [6.07, 6.45) is 12.3. The van der Waals surface area contributed by atoms with Gasteiger partial charge in [-0.15, -0.1) is 22.7 Å². The highest BCUT2D eigenvalue weighted by molar-refractivity contribution is 7.19. The molecule has 2 aromatic carbocycles. The number of hydrogen-bond donors (Lipinski definition) is 1. The number of nitrogens with one attached hydrogen (secondary N) is 1. The fourth-order valence-electron chi connectivity index (χ4n) is 9.52. The van der Waals surface area contributed by atoms with Gasteiger partial charge in [0, 0.05) is 54.3 Å². The van der Waals surface area contributed by atoms with Crippen LogP contribution in [0.2, 0.25) is 0 Å². The molecule has 2 aromatic heterocycles. The smallest absolute Gasteiger partial charge is 0.0970 e. The number of likely N-dealkylation sites (tertiary alicyclic amines) is 2. The Labute approximate surface area is 308 Å². The van der Waals surface area contributed by atoms with Crippen molar-refractivity contribution >= 4 is 48.8 Å². The van der Waals surface area contributed by atoms with Crippen LogP contribution < -0.4 is 5.32 Å². The van der Waals surface area contributed by atoms with E-state index in [2.05, 4.69) is 93.3 Å². The van der Waals surface area contributed by atoms with Crippen LogP contribution in [0.4, 0.5) is 0 Å². The summed E-state index contributed by atoms with van der Waals surface area (Å²) in [7, 11) is 4.64. The highest BCUT2D eigenvalue weighted by Crippen LogP contribution is 2.41. The van der Waals surface area contributed by atoms with Gasteiger partial charge in [-0.3, -0.25) is 4.99 Å². The number of fused-ring (bicyclic) bond motifs is 2. The Bertz CT molecular complexity index is 1810. The first-order chi connectivity index (χ1) is 24.2. The summed E-state index contributed by atoms with van der Waals surface area (Å²) < 4.78 is 2.68. The Kier molecular flexibility index (Phi) is 10.2. The summed E-state index contributed by atoms with van der Waals surface area (Å²) in [4.78, 5) is 20.6. The summed E-state index contributed by atoms with van der Waals surface area (Å²) in [6, 6.07) is 16.9. The second-order valence-electron chi connectivity index (χ2n) is 16.8. The van der Waals surface area contributed by atoms with E-state index in [-0.39, 0.29) is 0 Å². The van der Waals surface area contributed by atoms with E-state index in [0.717, 1.165) is 25.4 Å². The SMILES string of the molecule is C[C@H]1CCC(c2ccc3sc([C@H]4C[C@@H](CCC5CC[C@H](c6ccc7sc([C@H]8C[C@@H](C)N(C)[C@@H](C)C8)nc7c6)NC5)N(C)[C@@H](C)C4)nc3c2)=NC1. The molecule has 1 unspecified atom stereocenters. The third-order valence-corrected chi connectivity index (χ3v) is 15.7. The summed E-state index contributed by atoms with van der Waals surface area (Å²) in [6.45, 7) is 11.6. The molecule has 0 bridgehead atoms. The number of thiazole rings is 2. The van der Waals surface area contributed by atoms with E-state index in [9.17, 15) is 0 Å². The molecule has 0 aliphatic carbocycles. The van der Waals surface area contributed by atoms with Crippen LogP contribution in [0, 0.1) is 11.8 Å². The van der Waals surface area contributed by atoms with Gasteiger partial charge in [0.15, 0.2) is 0 Å². The molecule has 268 valence electrons. The van der Waals surface area contributed by atoms with Crippen molar-refractivity contribution in [2.24, 2.45) is 16.8 Å². The summed E-state index contributed by atoms with van der Waals surface area (Å²) in [5, 5.41) is 6.66. The normalized spacial score (nSPS) is 33.2. The molecule has 8 rings (SSSR count). The first-order valence-electron chi connectivity index (χ1n) is 19.7. The number of benzene rings is 2. The minimum absolute atomic E-state index is 0.444. The van der Waals surface area contributed by atoms with E-state index >= 15 is 0 Å². The highest BCUT2D eigenvalue weighted by Gasteiger charge is 2.35. The highest BCUT2D eigenvalue weighted by atomic mass is 32.1. The van der Waals surface area contributed by atoms with Gasteiger partial charge < -0.3 is 15.1 Å². The Balaban J connectivity index is 0.863. The lowest BCUT2D eigenvalue weighted by molar-refractivity contribution is 0.0976. The molecule has 4 aliphatic rings. The molecule has 4 aliphatic heterocycles. The quantitative estimate of drug-likeness (QED) is 0.207. The molecule has 6 heterocycles. The molecule has 1 N–H and O–H groups in total. The van der Waals surface area contributed by atoms with E-state index < -0.39 is 0 Å². The fourth-order valence-corrected chi connectivity index (χ4v) is 11.7. The Hall–Kier alpha value is -2.23. The maximum absolute atomic E-state index is 5.27. The third kappa shape index (κ3) is 7.21. The predicted octanol–water partition coefficient (Wildman–Crippen LogP) is 9.80. The number of rotatable bonds is 7. The van der Waals surface area contributed by atoms with E-state index in [1.807, 2.05) is 22.7 Å². The Morgan fingerprint density at radius 2 is 1.40 bits per heavy atom. The van der Waals surface area contributed by atoms with Crippen LogP contribution in [0.25, 0.3) is 20.4 Å². The van der Waals surface area contributed by atoms with Crippen molar-refractivity contribution in [3.63, 3.8) is 0 Å². The molecule has 3 saturated heterocycles. The van der Waals surface area contributed by atoms with Gasteiger partial charge in [0.25, 0.3) is 0 Å². The number of aliphatic imine (C=N–C) groups is 1. The lowest BCUT2D eigenvalue weighted by atomic mass is 9.82. The van der Waals surface area contributed by atoms with Crippen molar-refractivity contribution in [1.82, 2.24) is 25.1 Å². The molecule has 0 spiro atoms. The molecule has 0 saturated carbocycles. The zero-order chi connectivity index (χ0) is 34.5. The zero-order valence-electron chi connectivity index (χ0n) is 31.2. The van der Waals surface area contributed by atoms with Gasteiger partial charge in [0.05, 0.1) is 30.4 Å². The molecular formula is C42H58N6S2. The van der Waals surface area contributed by atoms with Crippen LogP contribution in [0.1, 0.15) is 131 Å². The number of aromatic nitrogens is 2. The second-order valence-corrected chi connectivity index (χ2v) is 18.9. The molecule has 0 radical (unpaired) electrons. The largest absolute Gasteiger partial charge is 0.310 e. The van der Waals surface area contributed by atoms with Crippen LogP contribution in [0.5, 0.6) is 0 Å². The van der Waals surface area contributed by atoms with Gasteiger partial charge in [0.1, 0.15) is 0 Å². The van der Waals surface area contributed by atoms with E-state index in [1.54, 1.807) is 0 Å². The van der Waals surface area contributed by atoms with Gasteiger partial charge in [-0.2, -0.15) is 0 Å². The lowest BCUT2D eigenvalue weighted by Gasteiger charge is -2.42. The predicted molar refractivity (Wildman–Crippen MR) is 213 cm³/mol. The monoisotopic (exact) mass is 710 g/mol. The van der Waals surface area contributed by atoms with Gasteiger partial charge in [0.2, 0.25) is 0 Å². The van der Waals surface area contributed by atoms with Crippen molar-refractivity contribution in [1.29, 1.82) is 0 Å². The van der Waals surface area contributed by atoms with Crippen molar-refractivity contribution in [2.45, 2.75) is 134 Å². The maximum Gasteiger partial charge on any atom is 0.0970 e. The molecule has 8 heteroatoms. The van der Waals surface area contributed by atoms with Crippen LogP contribution in [-0.4, -0.2) is 76.8 Å². The fraction of sp³-hybridized carbons (Fsp3) is 0.643. The molecule has 4 aromatic rings. The molecule has 6 nitrogen and oxygen atoms in total. The number of nitrogens with zero attached hydrogens (tertiary/aromatic N) is 5. The Morgan fingerprint density at radius 3 is 2.06 bits per heavy atom. The van der Waals surface area contributed by atoms with E-state index in [1.165, 1.54) is 105 Å². The first-order valence-corrected chi connectivity index (χ1v) is 21.3. The van der Waals surface area contributed by atoms with Crippen LogP contribution in [0.15, 0.2) is 41.4 Å². The minimum Gasteiger partial charge on any atom is -0.310 e. The average molecular weight is 711 g/mol. The van der Waals surface area contributed by atoms with Gasteiger partial charge in [-0.25, -0.2) is 9.97 Å². The number of piperidine rings is 3. The van der Waals surface area contributed by atoms with Gasteiger partial charge in [-0.05, 0) is 153 Å². The maximum atomic E-state index is 5.27. The topological polar surface area (TPSA) is 56.7 Å². The zero-order valence-corrected chi connectivity index (χ0v) is 32.8. The van der Waals surface area contributed by atoms with Crippen molar-refractivity contribution < 1.29 is 0 Å². The third-order valence-electron chi connectivity index (χ3n) is 13.3. The first kappa shape index (κ1) is 34.8. The summed E-state index contributed by atoms with van der Waals surface area (Å²) in [5.74, 6) is 2.61. The molecule has 3 fully saturated rings. The number of hydrogen-bond acceptors (Lipinski definition) is 8. The van der Waals surface area contributed by atoms with Crippen LogP contribution in [0.3, 0.4) is 0 Å². The standard InChI is InChI=1S/C42H58N6S2/c1-25-7-13-35(43-23-25)30-10-15-40-38(21-30)46-42(50-40)33-19-28(4)48(6)34(20-33)12-8-29-9-14-36(44-24-29)31-11-16-39-37(22-31)45-41(49-39)32-17-26(2)47(5)27(3)18-32/h10-11,15-16,21-22,25-29,32-34,36,44H,7-9,12-14,17-20,23-24H2,1-6H3/t25-,26-,27+,28-,29?,32+,33+,34+,36+/m0/s1. The van der Waals surface area contributed by atoms with Crippen molar-refractivity contribution in [2.75, 3.05) is 27.2 Å². The Morgan fingerprint density at radius 1 is 0.740 bits per heavy atom. The van der Waals surface area contributed by atoms with E-state index in [0.29, 0.717) is 48.0 Å². The second kappa shape index (κ2) is 14.7. The van der Waals surface area contributed by atoms with Gasteiger partial charge >= 0.3 is 0 Å². The molecular weight excluding hydrogens is 653 g/mol. The minimum atomic E-state index is 0.444. The van der Waals surface area contributed by atoms with Crippen LogP contribution >= 0.6 is 22.7 Å². The molecule has 9 atom stereocenters. The average Bonchev–Trinajstić information content (AvgIpc) is 3.75. The van der Waals surface area contributed by atoms with Crippen molar-refractivity contribution in [3.8, 4) is 0 Å².